The highest BCUT2D eigenvalue weighted by molar-refractivity contribution is 5.56. The molecule has 0 amide bonds. The Bertz CT molecular complexity index is 1010. The van der Waals surface area contributed by atoms with Gasteiger partial charge in [-0.2, -0.15) is 28.1 Å². The molecule has 178 valence electrons. The molecule has 0 saturated carbocycles. The van der Waals surface area contributed by atoms with E-state index in [4.69, 9.17) is 5.73 Å². The average molecular weight is 465 g/mol. The maximum absolute atomic E-state index is 14.0. The lowest BCUT2D eigenvalue weighted by Gasteiger charge is -2.29. The molecule has 2 unspecified atom stereocenters. The lowest BCUT2D eigenvalue weighted by molar-refractivity contribution is -0.156. The zero-order chi connectivity index (χ0) is 24.0. The van der Waals surface area contributed by atoms with Crippen LogP contribution in [0.25, 0.3) is 11.5 Å². The zero-order valence-corrected chi connectivity index (χ0v) is 18.5. The number of hydrogen-bond donors (Lipinski definition) is 2. The van der Waals surface area contributed by atoms with Crippen LogP contribution in [-0.2, 0) is 6.42 Å². The third kappa shape index (κ3) is 6.62. The van der Waals surface area contributed by atoms with Crippen LogP contribution in [0.5, 0.6) is 0 Å². The molecule has 0 bridgehead atoms. The summed E-state index contributed by atoms with van der Waals surface area (Å²) < 4.78 is 53.2. The summed E-state index contributed by atoms with van der Waals surface area (Å²) in [7, 11) is 0. The highest BCUT2D eigenvalue weighted by Crippen LogP contribution is 2.28. The van der Waals surface area contributed by atoms with Gasteiger partial charge in [-0.1, -0.05) is 19.9 Å². The van der Waals surface area contributed by atoms with E-state index in [9.17, 15) is 17.6 Å². The molecule has 0 aliphatic carbocycles. The van der Waals surface area contributed by atoms with Gasteiger partial charge in [-0.25, -0.2) is 9.37 Å². The molecular weight excluding hydrogens is 438 g/mol. The Morgan fingerprint density at radius 1 is 1.27 bits per heavy atom. The first-order valence-electron chi connectivity index (χ1n) is 10.7. The van der Waals surface area contributed by atoms with Crippen molar-refractivity contribution in [2.75, 3.05) is 23.3 Å². The van der Waals surface area contributed by atoms with Crippen molar-refractivity contribution in [3.8, 4) is 11.5 Å². The third-order valence-corrected chi connectivity index (χ3v) is 5.15. The van der Waals surface area contributed by atoms with Crippen molar-refractivity contribution >= 4 is 11.9 Å². The van der Waals surface area contributed by atoms with E-state index in [1.165, 1.54) is 6.08 Å². The van der Waals surface area contributed by atoms with Crippen molar-refractivity contribution in [3.63, 3.8) is 0 Å². The molecule has 1 saturated heterocycles. The van der Waals surface area contributed by atoms with Gasteiger partial charge in [0.1, 0.15) is 11.9 Å². The molecule has 1 aliphatic heterocycles. The number of nitrogens with zero attached hydrogens (tertiary/aromatic N) is 5. The molecule has 11 heteroatoms. The second-order valence-corrected chi connectivity index (χ2v) is 7.77. The smallest absolute Gasteiger partial charge is 0.394 e. The minimum atomic E-state index is -4.42. The van der Waals surface area contributed by atoms with Crippen LogP contribution in [0, 0.1) is 5.92 Å². The number of alkyl halides is 4. The van der Waals surface area contributed by atoms with Gasteiger partial charge in [0, 0.05) is 17.9 Å². The first-order chi connectivity index (χ1) is 15.7. The predicted molar refractivity (Wildman–Crippen MR) is 119 cm³/mol. The van der Waals surface area contributed by atoms with Gasteiger partial charge < -0.3 is 16.0 Å². The van der Waals surface area contributed by atoms with Crippen LogP contribution in [0.2, 0.25) is 0 Å². The molecule has 2 atom stereocenters. The minimum Gasteiger partial charge on any atom is -0.405 e. The number of pyridine rings is 1. The number of rotatable bonds is 7. The number of hydrogen-bond acceptors (Lipinski definition) is 7. The maximum atomic E-state index is 14.0. The van der Waals surface area contributed by atoms with E-state index in [-0.39, 0.29) is 30.0 Å². The fourth-order valence-electron chi connectivity index (χ4n) is 3.32. The number of allylic oxidation sites excluding steroid dienone is 2. The topological polar surface area (TPSA) is 92.8 Å². The minimum absolute atomic E-state index is 0.0124. The Hall–Kier alpha value is -3.24. The van der Waals surface area contributed by atoms with Gasteiger partial charge in [-0.05, 0) is 49.7 Å². The summed E-state index contributed by atoms with van der Waals surface area (Å²) in [6, 6.07) is 5.43. The first kappa shape index (κ1) is 24.4. The average Bonchev–Trinajstić information content (AvgIpc) is 2.78. The van der Waals surface area contributed by atoms with Crippen molar-refractivity contribution < 1.29 is 17.6 Å². The van der Waals surface area contributed by atoms with Crippen LogP contribution in [0.1, 0.15) is 32.4 Å². The predicted octanol–water partition coefficient (Wildman–Crippen LogP) is 4.40. The van der Waals surface area contributed by atoms with Crippen LogP contribution >= 0.6 is 0 Å². The van der Waals surface area contributed by atoms with Gasteiger partial charge in [0.2, 0.25) is 11.9 Å². The van der Waals surface area contributed by atoms with E-state index in [0.717, 1.165) is 24.9 Å². The van der Waals surface area contributed by atoms with Crippen molar-refractivity contribution in [1.29, 1.82) is 0 Å². The molecule has 33 heavy (non-hydrogen) atoms. The fraction of sp³-hybridized carbons (Fsp3) is 0.455. The van der Waals surface area contributed by atoms with Gasteiger partial charge in [0.15, 0.2) is 5.82 Å². The SMILES string of the molecule is CCc1cccc(-c2nc(NC(/C=C\N)=C/C(C)C(F)(F)F)nc(N3CCCC(F)C3)n2)n1. The third-order valence-electron chi connectivity index (χ3n) is 5.15. The number of nitrogens with one attached hydrogen (secondary N) is 1. The summed E-state index contributed by atoms with van der Waals surface area (Å²) in [5.41, 5.74) is 6.81. The standard InChI is InChI=1S/C22H27F4N7/c1-3-16-7-4-8-18(28-16)19-30-20(29-17(9-10-27)12-14(2)22(24,25)26)32-21(31-19)33-11-5-6-15(23)13-33/h4,7-10,12,14-15H,3,5-6,11,13,27H2,1-2H3,(H,29,30,31,32)/b10-9-,17-12+. The van der Waals surface area contributed by atoms with Crippen LogP contribution in [0.3, 0.4) is 0 Å². The lowest BCUT2D eigenvalue weighted by atomic mass is 10.1. The van der Waals surface area contributed by atoms with Gasteiger partial charge >= 0.3 is 6.18 Å². The van der Waals surface area contributed by atoms with E-state index in [1.807, 2.05) is 19.1 Å². The summed E-state index contributed by atoms with van der Waals surface area (Å²) >= 11 is 0. The lowest BCUT2D eigenvalue weighted by Crippen LogP contribution is -2.37. The molecule has 0 radical (unpaired) electrons. The molecule has 0 spiro atoms. The van der Waals surface area contributed by atoms with Crippen molar-refractivity contribution in [2.45, 2.75) is 45.5 Å². The van der Waals surface area contributed by atoms with Crippen LogP contribution < -0.4 is 16.0 Å². The van der Waals surface area contributed by atoms with E-state index >= 15 is 0 Å². The molecule has 1 fully saturated rings. The Labute approximate surface area is 189 Å². The van der Waals surface area contributed by atoms with Gasteiger partial charge in [0.05, 0.1) is 12.5 Å². The molecule has 3 rings (SSSR count). The van der Waals surface area contributed by atoms with Crippen LogP contribution in [0.4, 0.5) is 29.5 Å². The molecule has 7 nitrogen and oxygen atoms in total. The highest BCUT2D eigenvalue weighted by Gasteiger charge is 2.34. The normalized spacial score (nSPS) is 18.5. The number of anilines is 2. The molecule has 3 N–H and O–H groups in total. The number of halogens is 4. The molecular formula is C22H27F4N7. The zero-order valence-electron chi connectivity index (χ0n) is 18.5. The Balaban J connectivity index is 2.03. The quantitative estimate of drug-likeness (QED) is 0.462. The molecule has 0 aromatic carbocycles. The monoisotopic (exact) mass is 465 g/mol. The Morgan fingerprint density at radius 2 is 2.06 bits per heavy atom. The first-order valence-corrected chi connectivity index (χ1v) is 10.7. The van der Waals surface area contributed by atoms with E-state index in [2.05, 4.69) is 25.3 Å². The van der Waals surface area contributed by atoms with E-state index < -0.39 is 18.3 Å². The summed E-state index contributed by atoms with van der Waals surface area (Å²) in [4.78, 5) is 19.4. The van der Waals surface area contributed by atoms with Crippen LogP contribution in [0.15, 0.2) is 42.2 Å². The second kappa shape index (κ2) is 10.6. The van der Waals surface area contributed by atoms with E-state index in [0.29, 0.717) is 31.5 Å². The van der Waals surface area contributed by atoms with Crippen molar-refractivity contribution in [2.24, 2.45) is 11.7 Å². The van der Waals surface area contributed by atoms with E-state index in [1.54, 1.807) is 11.0 Å². The van der Waals surface area contributed by atoms with Gasteiger partial charge in [0.25, 0.3) is 0 Å². The van der Waals surface area contributed by atoms with Crippen LogP contribution in [-0.4, -0.2) is 45.4 Å². The fourth-order valence-corrected chi connectivity index (χ4v) is 3.32. The summed E-state index contributed by atoms with van der Waals surface area (Å²) in [6.07, 6.45) is -0.229. The largest absolute Gasteiger partial charge is 0.405 e. The van der Waals surface area contributed by atoms with Gasteiger partial charge in [-0.15, -0.1) is 0 Å². The van der Waals surface area contributed by atoms with Gasteiger partial charge in [-0.3, -0.25) is 0 Å². The van der Waals surface area contributed by atoms with Crippen molar-refractivity contribution in [1.82, 2.24) is 19.9 Å². The number of piperidine rings is 1. The Morgan fingerprint density at radius 3 is 2.73 bits per heavy atom. The Kier molecular flexibility index (Phi) is 7.83. The molecule has 3 heterocycles. The second-order valence-electron chi connectivity index (χ2n) is 7.77. The number of aromatic nitrogens is 4. The summed E-state index contributed by atoms with van der Waals surface area (Å²) in [5.74, 6) is -1.25. The number of aryl methyl sites for hydroxylation is 1. The highest BCUT2D eigenvalue weighted by atomic mass is 19.4. The summed E-state index contributed by atoms with van der Waals surface area (Å²) in [6.45, 7) is 3.68. The molecule has 2 aromatic rings. The number of nitrogens with two attached hydrogens (primary N) is 1. The maximum Gasteiger partial charge on any atom is 0.394 e. The van der Waals surface area contributed by atoms with Crippen molar-refractivity contribution in [3.05, 3.63) is 47.9 Å². The summed E-state index contributed by atoms with van der Waals surface area (Å²) in [5, 5.41) is 2.80. The molecule has 2 aromatic heterocycles. The molecule has 1 aliphatic rings.